The topological polar surface area (TPSA) is 38.0 Å². The Morgan fingerprint density at radius 1 is 1.32 bits per heavy atom. The van der Waals surface area contributed by atoms with Crippen LogP contribution in [0.4, 0.5) is 0 Å². The van der Waals surface area contributed by atoms with Crippen molar-refractivity contribution in [3.05, 3.63) is 55.7 Å². The molecular weight excluding hydrogens is 320 g/mol. The second kappa shape index (κ2) is 5.75. The molecule has 1 aliphatic rings. The van der Waals surface area contributed by atoms with Gasteiger partial charge in [0, 0.05) is 14.2 Å². The highest BCUT2D eigenvalue weighted by atomic mass is 79.9. The average molecular weight is 337 g/mol. The lowest BCUT2D eigenvalue weighted by molar-refractivity contribution is 0.559. The van der Waals surface area contributed by atoms with Crippen LogP contribution in [0.5, 0.6) is 0 Å². The molecule has 0 bridgehead atoms. The van der Waals surface area contributed by atoms with E-state index in [0.717, 1.165) is 10.9 Å². The first-order valence-electron chi connectivity index (χ1n) is 6.59. The predicted octanol–water partition coefficient (Wildman–Crippen LogP) is 3.75. The first-order chi connectivity index (χ1) is 9.28. The molecule has 0 aliphatic heterocycles. The van der Waals surface area contributed by atoms with Gasteiger partial charge in [-0.3, -0.25) is 11.3 Å². The van der Waals surface area contributed by atoms with E-state index in [0.29, 0.717) is 0 Å². The van der Waals surface area contributed by atoms with Gasteiger partial charge in [-0.1, -0.05) is 34.1 Å². The highest BCUT2D eigenvalue weighted by Crippen LogP contribution is 2.35. The number of nitrogens with one attached hydrogen (secondary N) is 1. The number of benzene rings is 1. The Balaban J connectivity index is 1.82. The van der Waals surface area contributed by atoms with E-state index in [4.69, 9.17) is 5.84 Å². The van der Waals surface area contributed by atoms with Crippen molar-refractivity contribution in [2.45, 2.75) is 31.7 Å². The van der Waals surface area contributed by atoms with Crippen molar-refractivity contribution in [2.24, 2.45) is 5.84 Å². The lowest BCUT2D eigenvalue weighted by Gasteiger charge is -2.15. The maximum absolute atomic E-state index is 5.76. The summed E-state index contributed by atoms with van der Waals surface area (Å²) >= 11 is 5.53. The second-order valence-corrected chi connectivity index (χ2v) is 6.99. The molecule has 0 spiro atoms. The van der Waals surface area contributed by atoms with Crippen LogP contribution in [0.15, 0.2) is 34.8 Å². The molecule has 0 fully saturated rings. The smallest absolute Gasteiger partial charge is 0.0594 e. The van der Waals surface area contributed by atoms with Crippen molar-refractivity contribution in [2.75, 3.05) is 0 Å². The Kier molecular flexibility index (Phi) is 4.03. The van der Waals surface area contributed by atoms with Gasteiger partial charge in [0.25, 0.3) is 0 Å². The summed E-state index contributed by atoms with van der Waals surface area (Å²) in [4.78, 5) is 2.92. The van der Waals surface area contributed by atoms with Crippen molar-refractivity contribution >= 4 is 27.3 Å². The summed E-state index contributed by atoms with van der Waals surface area (Å²) in [6.45, 7) is 0. The second-order valence-electron chi connectivity index (χ2n) is 4.97. The van der Waals surface area contributed by atoms with Gasteiger partial charge < -0.3 is 0 Å². The minimum atomic E-state index is 0.203. The van der Waals surface area contributed by atoms with Crippen LogP contribution in [0.2, 0.25) is 0 Å². The summed E-state index contributed by atoms with van der Waals surface area (Å²) in [6, 6.07) is 10.9. The molecule has 0 saturated carbocycles. The highest BCUT2D eigenvalue weighted by Gasteiger charge is 2.20. The average Bonchev–Trinajstić information content (AvgIpc) is 2.98. The third kappa shape index (κ3) is 2.77. The Hall–Kier alpha value is -0.680. The van der Waals surface area contributed by atoms with E-state index in [1.54, 1.807) is 4.88 Å². The molecule has 1 aromatic carbocycles. The van der Waals surface area contributed by atoms with Crippen LogP contribution in [0.1, 0.15) is 33.3 Å². The van der Waals surface area contributed by atoms with Crippen LogP contribution < -0.4 is 11.3 Å². The lowest BCUT2D eigenvalue weighted by Crippen LogP contribution is -2.29. The van der Waals surface area contributed by atoms with E-state index in [1.165, 1.54) is 35.3 Å². The minimum Gasteiger partial charge on any atom is -0.271 e. The molecule has 1 unspecified atom stereocenters. The van der Waals surface area contributed by atoms with E-state index in [2.05, 4.69) is 45.6 Å². The SMILES string of the molecule is NNC(Cc1ccccc1Br)c1cc2c(s1)CCC2. The minimum absolute atomic E-state index is 0.203. The molecule has 1 aromatic heterocycles. The molecule has 100 valence electrons. The predicted molar refractivity (Wildman–Crippen MR) is 84.3 cm³/mol. The highest BCUT2D eigenvalue weighted by molar-refractivity contribution is 9.10. The number of aryl methyl sites for hydroxylation is 2. The largest absolute Gasteiger partial charge is 0.271 e. The number of nitrogens with two attached hydrogens (primary N) is 1. The van der Waals surface area contributed by atoms with E-state index in [1.807, 2.05) is 17.4 Å². The maximum atomic E-state index is 5.76. The zero-order valence-electron chi connectivity index (χ0n) is 10.7. The van der Waals surface area contributed by atoms with Gasteiger partial charge in [0.05, 0.1) is 6.04 Å². The molecule has 19 heavy (non-hydrogen) atoms. The fraction of sp³-hybridized carbons (Fsp3) is 0.333. The van der Waals surface area contributed by atoms with E-state index >= 15 is 0 Å². The van der Waals surface area contributed by atoms with Crippen molar-refractivity contribution in [3.63, 3.8) is 0 Å². The summed E-state index contributed by atoms with van der Waals surface area (Å²) in [6.07, 6.45) is 4.70. The first kappa shape index (κ1) is 13.3. The monoisotopic (exact) mass is 336 g/mol. The molecule has 0 saturated heterocycles. The number of fused-ring (bicyclic) bond motifs is 1. The molecule has 2 aromatic rings. The molecule has 0 radical (unpaired) electrons. The van der Waals surface area contributed by atoms with Crippen LogP contribution in [0, 0.1) is 0 Å². The molecular formula is C15H17BrN2S. The maximum Gasteiger partial charge on any atom is 0.0594 e. The molecule has 1 heterocycles. The number of rotatable bonds is 4. The molecule has 1 atom stereocenters. The van der Waals surface area contributed by atoms with Gasteiger partial charge >= 0.3 is 0 Å². The molecule has 2 nitrogen and oxygen atoms in total. The van der Waals surface area contributed by atoms with Gasteiger partial charge in [0.15, 0.2) is 0 Å². The van der Waals surface area contributed by atoms with Crippen LogP contribution in [-0.4, -0.2) is 0 Å². The fourth-order valence-electron chi connectivity index (χ4n) is 2.65. The van der Waals surface area contributed by atoms with E-state index < -0.39 is 0 Å². The number of thiophene rings is 1. The van der Waals surface area contributed by atoms with Crippen molar-refractivity contribution in [1.82, 2.24) is 5.43 Å². The fourth-order valence-corrected chi connectivity index (χ4v) is 4.41. The van der Waals surface area contributed by atoms with Crippen LogP contribution in [-0.2, 0) is 19.3 Å². The van der Waals surface area contributed by atoms with Crippen molar-refractivity contribution < 1.29 is 0 Å². The molecule has 3 N–H and O–H groups in total. The third-order valence-electron chi connectivity index (χ3n) is 3.69. The Labute approximate surface area is 126 Å². The Morgan fingerprint density at radius 3 is 2.89 bits per heavy atom. The molecule has 0 amide bonds. The van der Waals surface area contributed by atoms with Gasteiger partial charge in [0.2, 0.25) is 0 Å². The molecule has 4 heteroatoms. The van der Waals surface area contributed by atoms with Gasteiger partial charge in [-0.25, -0.2) is 0 Å². The van der Waals surface area contributed by atoms with Crippen molar-refractivity contribution in [1.29, 1.82) is 0 Å². The first-order valence-corrected chi connectivity index (χ1v) is 8.20. The van der Waals surface area contributed by atoms with Crippen LogP contribution >= 0.6 is 27.3 Å². The zero-order chi connectivity index (χ0) is 13.2. The number of hydrazine groups is 1. The standard InChI is InChI=1S/C15H17BrN2S/c16-12-6-2-1-4-10(12)8-13(18-17)15-9-11-5-3-7-14(11)19-15/h1-2,4,6,9,13,18H,3,5,7-8,17H2. The van der Waals surface area contributed by atoms with Crippen LogP contribution in [0.25, 0.3) is 0 Å². The summed E-state index contributed by atoms with van der Waals surface area (Å²) in [5, 5.41) is 0. The Bertz CT molecular complexity index is 558. The van der Waals surface area contributed by atoms with Gasteiger partial charge in [-0.15, -0.1) is 11.3 Å². The van der Waals surface area contributed by atoms with E-state index in [9.17, 15) is 0 Å². The number of hydrogen-bond acceptors (Lipinski definition) is 3. The van der Waals surface area contributed by atoms with E-state index in [-0.39, 0.29) is 6.04 Å². The summed E-state index contributed by atoms with van der Waals surface area (Å²) in [5.41, 5.74) is 5.80. The zero-order valence-corrected chi connectivity index (χ0v) is 13.1. The third-order valence-corrected chi connectivity index (χ3v) is 5.82. The van der Waals surface area contributed by atoms with Crippen molar-refractivity contribution in [3.8, 4) is 0 Å². The number of halogens is 1. The summed E-state index contributed by atoms with van der Waals surface area (Å²) in [5.74, 6) is 5.76. The van der Waals surface area contributed by atoms with Crippen LogP contribution in [0.3, 0.4) is 0 Å². The van der Waals surface area contributed by atoms with Gasteiger partial charge in [-0.2, -0.15) is 0 Å². The molecule has 1 aliphatic carbocycles. The van der Waals surface area contributed by atoms with Gasteiger partial charge in [0.1, 0.15) is 0 Å². The quantitative estimate of drug-likeness (QED) is 0.659. The normalized spacial score (nSPS) is 15.5. The number of hydrogen-bond donors (Lipinski definition) is 2. The molecule has 3 rings (SSSR count). The summed E-state index contributed by atoms with van der Waals surface area (Å²) < 4.78 is 1.15. The van der Waals surface area contributed by atoms with Gasteiger partial charge in [-0.05, 0) is 48.9 Å². The Morgan fingerprint density at radius 2 is 2.16 bits per heavy atom. The lowest BCUT2D eigenvalue weighted by atomic mass is 10.0. The summed E-state index contributed by atoms with van der Waals surface area (Å²) in [7, 11) is 0.